The van der Waals surface area contributed by atoms with E-state index in [1.54, 1.807) is 28.0 Å². The summed E-state index contributed by atoms with van der Waals surface area (Å²) in [5, 5.41) is 3.30. The van der Waals surface area contributed by atoms with Gasteiger partial charge in [-0.25, -0.2) is 8.42 Å². The van der Waals surface area contributed by atoms with Crippen LogP contribution in [0, 0.1) is 0 Å². The molecule has 0 saturated carbocycles. The van der Waals surface area contributed by atoms with Gasteiger partial charge in [0.25, 0.3) is 0 Å². The van der Waals surface area contributed by atoms with Gasteiger partial charge in [0.1, 0.15) is 5.75 Å². The Labute approximate surface area is 162 Å². The van der Waals surface area contributed by atoms with Crippen molar-refractivity contribution in [3.05, 3.63) is 29.8 Å². The molecule has 0 aliphatic carbocycles. The zero-order valence-electron chi connectivity index (χ0n) is 16.7. The van der Waals surface area contributed by atoms with Crippen LogP contribution < -0.4 is 10.1 Å². The molecule has 27 heavy (non-hydrogen) atoms. The molecular weight excluding hydrogens is 366 g/mol. The van der Waals surface area contributed by atoms with Gasteiger partial charge in [-0.2, -0.15) is 0 Å². The lowest BCUT2D eigenvalue weighted by atomic mass is 10.2. The minimum atomic E-state index is -3.05. The lowest BCUT2D eigenvalue weighted by Gasteiger charge is -2.39. The van der Waals surface area contributed by atoms with Gasteiger partial charge in [0.15, 0.2) is 15.8 Å². The molecule has 0 amide bonds. The number of aliphatic imine (C=N–C) groups is 1. The third-order valence-electron chi connectivity index (χ3n) is 4.73. The van der Waals surface area contributed by atoms with E-state index in [0.717, 1.165) is 30.2 Å². The molecule has 1 fully saturated rings. The molecule has 0 spiro atoms. The summed E-state index contributed by atoms with van der Waals surface area (Å²) in [6.45, 7) is 6.39. The number of ether oxygens (including phenoxy) is 2. The van der Waals surface area contributed by atoms with Gasteiger partial charge in [-0.1, -0.05) is 12.1 Å². The highest BCUT2D eigenvalue weighted by molar-refractivity contribution is 7.92. The van der Waals surface area contributed by atoms with Crippen molar-refractivity contribution in [1.29, 1.82) is 0 Å². The van der Waals surface area contributed by atoms with Crippen LogP contribution in [0.5, 0.6) is 5.75 Å². The Hall–Kier alpha value is -1.80. The quantitative estimate of drug-likeness (QED) is 0.428. The number of hydrogen-bond acceptors (Lipinski definition) is 5. The molecule has 0 bridgehead atoms. The number of benzene rings is 1. The van der Waals surface area contributed by atoms with Crippen molar-refractivity contribution in [2.75, 3.05) is 46.2 Å². The Morgan fingerprint density at radius 1 is 1.30 bits per heavy atom. The number of guanidine groups is 1. The summed E-state index contributed by atoms with van der Waals surface area (Å²) < 4.78 is 34.3. The van der Waals surface area contributed by atoms with Crippen molar-refractivity contribution in [2.45, 2.75) is 31.6 Å². The molecule has 2 rings (SSSR count). The second-order valence-electron chi connectivity index (χ2n) is 7.23. The van der Waals surface area contributed by atoms with Gasteiger partial charge in [0.2, 0.25) is 0 Å². The van der Waals surface area contributed by atoms with E-state index >= 15 is 0 Å². The zero-order valence-corrected chi connectivity index (χ0v) is 17.5. The third-order valence-corrected chi connectivity index (χ3v) is 7.26. The van der Waals surface area contributed by atoms with Gasteiger partial charge in [-0.3, -0.25) is 4.99 Å². The lowest BCUT2D eigenvalue weighted by molar-refractivity contribution is 0.119. The molecule has 1 heterocycles. The van der Waals surface area contributed by atoms with E-state index in [-0.39, 0.29) is 5.75 Å². The standard InChI is InChI=1S/C19H31N3O4S/c1-19(2)15-22(11-13-27(19,23)24)18(20-3)21-10-5-12-26-14-16-6-8-17(25-4)9-7-16/h6-9H,5,10-15H2,1-4H3,(H,20,21). The third kappa shape index (κ3) is 5.84. The van der Waals surface area contributed by atoms with Crippen molar-refractivity contribution in [3.63, 3.8) is 0 Å². The number of sulfone groups is 1. The van der Waals surface area contributed by atoms with E-state index in [1.807, 2.05) is 29.2 Å². The Bertz CT molecular complexity index is 730. The summed E-state index contributed by atoms with van der Waals surface area (Å²) in [7, 11) is 0.318. The van der Waals surface area contributed by atoms with E-state index in [1.165, 1.54) is 0 Å². The van der Waals surface area contributed by atoms with Gasteiger partial charge < -0.3 is 19.7 Å². The van der Waals surface area contributed by atoms with Crippen LogP contribution in [0.1, 0.15) is 25.8 Å². The number of hydrogen-bond donors (Lipinski definition) is 1. The first-order valence-electron chi connectivity index (χ1n) is 9.17. The highest BCUT2D eigenvalue weighted by atomic mass is 32.2. The van der Waals surface area contributed by atoms with Crippen molar-refractivity contribution >= 4 is 15.8 Å². The topological polar surface area (TPSA) is 80.2 Å². The van der Waals surface area contributed by atoms with Gasteiger partial charge in [0, 0.05) is 33.3 Å². The fraction of sp³-hybridized carbons (Fsp3) is 0.632. The largest absolute Gasteiger partial charge is 0.497 e. The number of methoxy groups -OCH3 is 1. The molecule has 0 radical (unpaired) electrons. The average Bonchev–Trinajstić information content (AvgIpc) is 2.64. The predicted molar refractivity (Wildman–Crippen MR) is 108 cm³/mol. The van der Waals surface area contributed by atoms with Crippen molar-refractivity contribution in [2.24, 2.45) is 4.99 Å². The molecule has 152 valence electrons. The highest BCUT2D eigenvalue weighted by Gasteiger charge is 2.40. The average molecular weight is 398 g/mol. The minimum absolute atomic E-state index is 0.158. The minimum Gasteiger partial charge on any atom is -0.497 e. The van der Waals surface area contributed by atoms with E-state index < -0.39 is 14.6 Å². The Balaban J connectivity index is 1.69. The fourth-order valence-electron chi connectivity index (χ4n) is 2.94. The summed E-state index contributed by atoms with van der Waals surface area (Å²) in [6, 6.07) is 7.82. The van der Waals surface area contributed by atoms with Crippen molar-refractivity contribution in [3.8, 4) is 5.75 Å². The predicted octanol–water partition coefficient (Wildman–Crippen LogP) is 1.69. The molecule has 1 N–H and O–H groups in total. The van der Waals surface area contributed by atoms with Crippen molar-refractivity contribution < 1.29 is 17.9 Å². The maximum Gasteiger partial charge on any atom is 0.193 e. The Kier molecular flexibility index (Phi) is 7.49. The van der Waals surface area contributed by atoms with Crippen LogP contribution in [0.3, 0.4) is 0 Å². The maximum absolute atomic E-state index is 12.1. The molecular formula is C19H31N3O4S. The number of nitrogens with one attached hydrogen (secondary N) is 1. The number of rotatable bonds is 7. The zero-order chi connectivity index (χ0) is 19.9. The van der Waals surface area contributed by atoms with Crippen LogP contribution in [-0.2, 0) is 21.2 Å². The van der Waals surface area contributed by atoms with Gasteiger partial charge in [0.05, 0.1) is 24.2 Å². The van der Waals surface area contributed by atoms with Crippen LogP contribution >= 0.6 is 0 Å². The Morgan fingerprint density at radius 2 is 2.00 bits per heavy atom. The first kappa shape index (κ1) is 21.5. The number of nitrogens with zero attached hydrogens (tertiary/aromatic N) is 2. The molecule has 1 aliphatic heterocycles. The second-order valence-corrected chi connectivity index (χ2v) is 9.97. The molecule has 8 heteroatoms. The molecule has 1 aromatic carbocycles. The smallest absolute Gasteiger partial charge is 0.193 e. The van der Waals surface area contributed by atoms with Crippen molar-refractivity contribution in [1.82, 2.24) is 10.2 Å². The van der Waals surface area contributed by atoms with Crippen LogP contribution in [0.4, 0.5) is 0 Å². The lowest BCUT2D eigenvalue weighted by Crippen LogP contribution is -2.57. The first-order chi connectivity index (χ1) is 12.8. The summed E-state index contributed by atoms with van der Waals surface area (Å²) >= 11 is 0. The summed E-state index contributed by atoms with van der Waals surface area (Å²) in [4.78, 5) is 6.30. The summed E-state index contributed by atoms with van der Waals surface area (Å²) in [5.74, 6) is 1.74. The van der Waals surface area contributed by atoms with Crippen LogP contribution in [0.15, 0.2) is 29.3 Å². The van der Waals surface area contributed by atoms with Gasteiger partial charge in [-0.15, -0.1) is 0 Å². The highest BCUT2D eigenvalue weighted by Crippen LogP contribution is 2.23. The fourth-order valence-corrected chi connectivity index (χ4v) is 4.31. The molecule has 0 atom stereocenters. The van der Waals surface area contributed by atoms with Crippen LogP contribution in [0.25, 0.3) is 0 Å². The van der Waals surface area contributed by atoms with Crippen LogP contribution in [0.2, 0.25) is 0 Å². The van der Waals surface area contributed by atoms with Crippen LogP contribution in [-0.4, -0.2) is 70.2 Å². The second kappa shape index (κ2) is 9.41. The molecule has 0 unspecified atom stereocenters. The molecule has 7 nitrogen and oxygen atoms in total. The monoisotopic (exact) mass is 397 g/mol. The first-order valence-corrected chi connectivity index (χ1v) is 10.8. The molecule has 1 aliphatic rings. The molecule has 0 aromatic heterocycles. The molecule has 1 saturated heterocycles. The van der Waals surface area contributed by atoms with E-state index in [2.05, 4.69) is 10.3 Å². The Morgan fingerprint density at radius 3 is 2.59 bits per heavy atom. The normalized spacial score (nSPS) is 19.0. The van der Waals surface area contributed by atoms with Gasteiger partial charge >= 0.3 is 0 Å². The summed E-state index contributed by atoms with van der Waals surface area (Å²) in [5.41, 5.74) is 1.11. The maximum atomic E-state index is 12.1. The van der Waals surface area contributed by atoms with E-state index in [4.69, 9.17) is 9.47 Å². The van der Waals surface area contributed by atoms with E-state index in [0.29, 0.717) is 26.3 Å². The van der Waals surface area contributed by atoms with E-state index in [9.17, 15) is 8.42 Å². The summed E-state index contributed by atoms with van der Waals surface area (Å²) in [6.07, 6.45) is 0.838. The SMILES string of the molecule is CN=C(NCCCOCc1ccc(OC)cc1)N1CCS(=O)(=O)C(C)(C)C1. The van der Waals surface area contributed by atoms with Gasteiger partial charge in [-0.05, 0) is 38.0 Å². The molecule has 1 aromatic rings.